The molecule has 2 aromatic rings. The van der Waals surface area contributed by atoms with Crippen LogP contribution in [0.25, 0.3) is 0 Å². The van der Waals surface area contributed by atoms with Gasteiger partial charge in [-0.2, -0.15) is 0 Å². The molecule has 0 radical (unpaired) electrons. The van der Waals surface area contributed by atoms with E-state index >= 15 is 0 Å². The van der Waals surface area contributed by atoms with E-state index in [1.807, 2.05) is 24.3 Å². The fourth-order valence-corrected chi connectivity index (χ4v) is 1.86. The van der Waals surface area contributed by atoms with E-state index in [1.54, 1.807) is 12.1 Å². The first-order valence-corrected chi connectivity index (χ1v) is 7.02. The number of phenolic OH excluding ortho intramolecular Hbond substituents is 1. The van der Waals surface area contributed by atoms with Gasteiger partial charge >= 0.3 is 0 Å². The number of hydrogen-bond donors (Lipinski definition) is 2. The van der Waals surface area contributed by atoms with Crippen molar-refractivity contribution in [3.63, 3.8) is 0 Å². The van der Waals surface area contributed by atoms with Gasteiger partial charge in [0.15, 0.2) is 0 Å². The first-order valence-electron chi connectivity index (χ1n) is 7.02. The predicted molar refractivity (Wildman–Crippen MR) is 82.3 cm³/mol. The van der Waals surface area contributed by atoms with E-state index in [0.717, 1.165) is 37.4 Å². The summed E-state index contributed by atoms with van der Waals surface area (Å²) in [5.74, 6) is 1.19. The van der Waals surface area contributed by atoms with Crippen molar-refractivity contribution in [2.45, 2.75) is 26.3 Å². The van der Waals surface area contributed by atoms with Crippen molar-refractivity contribution in [2.75, 3.05) is 11.9 Å². The Morgan fingerprint density at radius 3 is 2.60 bits per heavy atom. The Morgan fingerprint density at radius 2 is 1.90 bits per heavy atom. The van der Waals surface area contributed by atoms with Crippen LogP contribution in [0.4, 0.5) is 5.69 Å². The third kappa shape index (κ3) is 4.50. The molecule has 2 rings (SSSR count). The summed E-state index contributed by atoms with van der Waals surface area (Å²) in [6, 6.07) is 15.2. The van der Waals surface area contributed by atoms with E-state index in [-0.39, 0.29) is 5.75 Å². The maximum Gasteiger partial charge on any atom is 0.119 e. The van der Waals surface area contributed by atoms with Crippen LogP contribution in [0, 0.1) is 0 Å². The first-order chi connectivity index (χ1) is 9.78. The van der Waals surface area contributed by atoms with E-state index in [9.17, 15) is 5.11 Å². The molecule has 0 aliphatic carbocycles. The maximum absolute atomic E-state index is 9.39. The maximum atomic E-state index is 9.39. The third-order valence-corrected chi connectivity index (χ3v) is 3.03. The van der Waals surface area contributed by atoms with Crippen molar-refractivity contribution in [3.8, 4) is 11.5 Å². The van der Waals surface area contributed by atoms with Crippen LogP contribution >= 0.6 is 0 Å². The Morgan fingerprint density at radius 1 is 1.10 bits per heavy atom. The summed E-state index contributed by atoms with van der Waals surface area (Å²) in [4.78, 5) is 0. The van der Waals surface area contributed by atoms with E-state index < -0.39 is 0 Å². The minimum atomic E-state index is 0.273. The molecule has 3 nitrogen and oxygen atoms in total. The lowest BCUT2D eigenvalue weighted by Crippen LogP contribution is -2.00. The molecule has 0 bridgehead atoms. The number of rotatable bonds is 7. The van der Waals surface area contributed by atoms with Crippen molar-refractivity contribution in [3.05, 3.63) is 54.1 Å². The molecule has 0 aliphatic heterocycles. The number of hydrogen-bond acceptors (Lipinski definition) is 3. The Labute approximate surface area is 120 Å². The zero-order chi connectivity index (χ0) is 14.2. The fourth-order valence-electron chi connectivity index (χ4n) is 1.86. The standard InChI is InChI=1S/C17H21NO2/c1-2-3-11-20-17-9-7-14(8-10-17)13-18-15-5-4-6-16(19)12-15/h4-10,12,18-19H,2-3,11,13H2,1H3. The summed E-state index contributed by atoms with van der Waals surface area (Å²) < 4.78 is 5.63. The van der Waals surface area contributed by atoms with Crippen LogP contribution in [0.5, 0.6) is 11.5 Å². The van der Waals surface area contributed by atoms with Crippen LogP contribution in [-0.2, 0) is 6.54 Å². The largest absolute Gasteiger partial charge is 0.508 e. The molecule has 20 heavy (non-hydrogen) atoms. The Bertz CT molecular complexity index is 523. The Kier molecular flexibility index (Phi) is 5.30. The zero-order valence-corrected chi connectivity index (χ0v) is 11.8. The zero-order valence-electron chi connectivity index (χ0n) is 11.8. The van der Waals surface area contributed by atoms with Gasteiger partial charge in [0, 0.05) is 18.3 Å². The predicted octanol–water partition coefficient (Wildman–Crippen LogP) is 4.18. The smallest absolute Gasteiger partial charge is 0.119 e. The summed E-state index contributed by atoms with van der Waals surface area (Å²) in [7, 11) is 0. The molecule has 0 saturated carbocycles. The molecule has 0 aliphatic rings. The average Bonchev–Trinajstić information content (AvgIpc) is 2.47. The molecule has 0 atom stereocenters. The normalized spacial score (nSPS) is 10.2. The highest BCUT2D eigenvalue weighted by Crippen LogP contribution is 2.17. The lowest BCUT2D eigenvalue weighted by molar-refractivity contribution is 0.309. The highest BCUT2D eigenvalue weighted by atomic mass is 16.5. The molecule has 0 amide bonds. The van der Waals surface area contributed by atoms with Gasteiger partial charge < -0.3 is 15.2 Å². The van der Waals surface area contributed by atoms with Gasteiger partial charge in [0.2, 0.25) is 0 Å². The van der Waals surface area contributed by atoms with Crippen LogP contribution in [-0.4, -0.2) is 11.7 Å². The Hall–Kier alpha value is -2.16. The highest BCUT2D eigenvalue weighted by molar-refractivity contribution is 5.48. The molecule has 0 heterocycles. The molecule has 0 aromatic heterocycles. The summed E-state index contributed by atoms with van der Waals surface area (Å²) >= 11 is 0. The van der Waals surface area contributed by atoms with Gasteiger partial charge in [0.25, 0.3) is 0 Å². The van der Waals surface area contributed by atoms with Gasteiger partial charge in [0.1, 0.15) is 11.5 Å². The second-order valence-corrected chi connectivity index (χ2v) is 4.75. The Balaban J connectivity index is 1.84. The number of anilines is 1. The number of nitrogens with one attached hydrogen (secondary N) is 1. The quantitative estimate of drug-likeness (QED) is 0.742. The highest BCUT2D eigenvalue weighted by Gasteiger charge is 1.97. The third-order valence-electron chi connectivity index (χ3n) is 3.03. The molecular weight excluding hydrogens is 250 g/mol. The minimum absolute atomic E-state index is 0.273. The van der Waals surface area contributed by atoms with Gasteiger partial charge in [-0.05, 0) is 36.2 Å². The molecule has 3 heteroatoms. The average molecular weight is 271 g/mol. The molecular formula is C17H21NO2. The van der Waals surface area contributed by atoms with Gasteiger partial charge in [-0.3, -0.25) is 0 Å². The molecule has 0 fully saturated rings. The van der Waals surface area contributed by atoms with E-state index in [2.05, 4.69) is 24.4 Å². The van der Waals surface area contributed by atoms with Crippen LogP contribution in [0.2, 0.25) is 0 Å². The van der Waals surface area contributed by atoms with E-state index in [0.29, 0.717) is 0 Å². The summed E-state index contributed by atoms with van der Waals surface area (Å²) in [5.41, 5.74) is 2.09. The van der Waals surface area contributed by atoms with Crippen molar-refractivity contribution in [1.82, 2.24) is 0 Å². The van der Waals surface area contributed by atoms with Crippen molar-refractivity contribution >= 4 is 5.69 Å². The molecule has 2 aromatic carbocycles. The number of aromatic hydroxyl groups is 1. The van der Waals surface area contributed by atoms with Crippen LogP contribution in [0.15, 0.2) is 48.5 Å². The number of benzene rings is 2. The fraction of sp³-hybridized carbons (Fsp3) is 0.294. The lowest BCUT2D eigenvalue weighted by atomic mass is 10.2. The summed E-state index contributed by atoms with van der Waals surface area (Å²) in [6.45, 7) is 3.65. The molecule has 0 unspecified atom stereocenters. The number of ether oxygens (including phenoxy) is 1. The van der Waals surface area contributed by atoms with Crippen molar-refractivity contribution in [1.29, 1.82) is 0 Å². The van der Waals surface area contributed by atoms with Crippen LogP contribution in [0.3, 0.4) is 0 Å². The minimum Gasteiger partial charge on any atom is -0.508 e. The second kappa shape index (κ2) is 7.43. The van der Waals surface area contributed by atoms with Gasteiger partial charge in [-0.15, -0.1) is 0 Å². The van der Waals surface area contributed by atoms with Crippen molar-refractivity contribution in [2.24, 2.45) is 0 Å². The monoisotopic (exact) mass is 271 g/mol. The lowest BCUT2D eigenvalue weighted by Gasteiger charge is -2.09. The summed E-state index contributed by atoms with van der Waals surface area (Å²) in [6.07, 6.45) is 2.23. The molecule has 0 spiro atoms. The molecule has 106 valence electrons. The first kappa shape index (κ1) is 14.3. The van der Waals surface area contributed by atoms with Gasteiger partial charge in [0.05, 0.1) is 6.61 Å². The SMILES string of the molecule is CCCCOc1ccc(CNc2cccc(O)c2)cc1. The van der Waals surface area contributed by atoms with Crippen LogP contribution < -0.4 is 10.1 Å². The number of phenols is 1. The summed E-state index contributed by atoms with van der Waals surface area (Å²) in [5, 5.41) is 12.7. The van der Waals surface area contributed by atoms with E-state index in [4.69, 9.17) is 4.74 Å². The topological polar surface area (TPSA) is 41.5 Å². The van der Waals surface area contributed by atoms with E-state index in [1.165, 1.54) is 5.56 Å². The second-order valence-electron chi connectivity index (χ2n) is 4.75. The van der Waals surface area contributed by atoms with Gasteiger partial charge in [-0.1, -0.05) is 31.5 Å². The van der Waals surface area contributed by atoms with Crippen LogP contribution in [0.1, 0.15) is 25.3 Å². The number of unbranched alkanes of at least 4 members (excludes halogenated alkanes) is 1. The molecule has 2 N–H and O–H groups in total. The molecule has 0 saturated heterocycles. The van der Waals surface area contributed by atoms with Gasteiger partial charge in [-0.25, -0.2) is 0 Å². The van der Waals surface area contributed by atoms with Crippen molar-refractivity contribution < 1.29 is 9.84 Å².